The van der Waals surface area contributed by atoms with Gasteiger partial charge in [0.05, 0.1) is 18.8 Å². The highest BCUT2D eigenvalue weighted by Crippen LogP contribution is 2.30. The number of hydrogen-bond acceptors (Lipinski definition) is 1. The van der Waals surface area contributed by atoms with Gasteiger partial charge in [-0.1, -0.05) is 0 Å². The van der Waals surface area contributed by atoms with Gasteiger partial charge in [-0.3, -0.25) is 0 Å². The minimum absolute atomic E-state index is 0.0451. The number of hydrogen-bond donors (Lipinski definition) is 0. The highest BCUT2D eigenvalue weighted by molar-refractivity contribution is 4.85. The summed E-state index contributed by atoms with van der Waals surface area (Å²) in [6, 6.07) is 0. The molecule has 58 valence electrons. The van der Waals surface area contributed by atoms with E-state index in [0.29, 0.717) is 0 Å². The molecule has 0 saturated carbocycles. The molecule has 0 aromatic heterocycles. The Morgan fingerprint density at radius 3 is 2.40 bits per heavy atom. The number of allylic oxidation sites excluding steroid dienone is 1. The standard InChI is InChI=1S/C6H7F3O/c7-6(8,9)5-2-1-3-10-4-5/h1,3,5H,2,4H2. The van der Waals surface area contributed by atoms with Gasteiger partial charge in [0.1, 0.15) is 0 Å². The van der Waals surface area contributed by atoms with Crippen molar-refractivity contribution in [3.63, 3.8) is 0 Å². The summed E-state index contributed by atoms with van der Waals surface area (Å²) in [5, 5.41) is 0. The molecule has 1 unspecified atom stereocenters. The van der Waals surface area contributed by atoms with Crippen LogP contribution in [0.2, 0.25) is 0 Å². The highest BCUT2D eigenvalue weighted by Gasteiger charge is 2.39. The largest absolute Gasteiger partial charge is 0.501 e. The van der Waals surface area contributed by atoms with Gasteiger partial charge >= 0.3 is 6.18 Å². The molecule has 4 heteroatoms. The summed E-state index contributed by atoms with van der Waals surface area (Å²) >= 11 is 0. The molecule has 0 bridgehead atoms. The summed E-state index contributed by atoms with van der Waals surface area (Å²) in [6.07, 6.45) is -1.36. The molecule has 0 aromatic rings. The zero-order chi connectivity index (χ0) is 7.61. The van der Waals surface area contributed by atoms with E-state index in [9.17, 15) is 13.2 Å². The SMILES string of the molecule is FC(F)(F)C1CC=COC1. The molecule has 0 saturated heterocycles. The van der Waals surface area contributed by atoms with Gasteiger partial charge in [-0.25, -0.2) is 0 Å². The van der Waals surface area contributed by atoms with Gasteiger partial charge in [0, 0.05) is 0 Å². The van der Waals surface area contributed by atoms with Crippen molar-refractivity contribution in [2.45, 2.75) is 12.6 Å². The van der Waals surface area contributed by atoms with E-state index in [1.807, 2.05) is 0 Å². The Balaban J connectivity index is 2.49. The second-order valence-electron chi connectivity index (χ2n) is 2.18. The lowest BCUT2D eigenvalue weighted by molar-refractivity contribution is -0.185. The van der Waals surface area contributed by atoms with Crippen LogP contribution in [0.4, 0.5) is 13.2 Å². The molecule has 0 aliphatic carbocycles. The van der Waals surface area contributed by atoms with Crippen LogP contribution in [0.25, 0.3) is 0 Å². The Labute approximate surface area is 56.5 Å². The first-order valence-electron chi connectivity index (χ1n) is 2.94. The summed E-state index contributed by atoms with van der Waals surface area (Å²) < 4.78 is 40.0. The quantitative estimate of drug-likeness (QED) is 0.516. The van der Waals surface area contributed by atoms with Crippen LogP contribution in [0.5, 0.6) is 0 Å². The van der Waals surface area contributed by atoms with E-state index in [0.717, 1.165) is 0 Å². The Kier molecular flexibility index (Phi) is 1.87. The van der Waals surface area contributed by atoms with Crippen molar-refractivity contribution in [2.24, 2.45) is 5.92 Å². The summed E-state index contributed by atoms with van der Waals surface area (Å²) in [7, 11) is 0. The van der Waals surface area contributed by atoms with Gasteiger partial charge in [-0.2, -0.15) is 13.2 Å². The van der Waals surface area contributed by atoms with Crippen LogP contribution < -0.4 is 0 Å². The van der Waals surface area contributed by atoms with Crippen LogP contribution in [-0.2, 0) is 4.74 Å². The summed E-state index contributed by atoms with van der Waals surface area (Å²) in [6.45, 7) is -0.236. The maximum Gasteiger partial charge on any atom is 0.395 e. The molecule has 0 amide bonds. The van der Waals surface area contributed by atoms with Gasteiger partial charge in [-0.05, 0) is 12.5 Å². The van der Waals surface area contributed by atoms with Crippen LogP contribution in [-0.4, -0.2) is 12.8 Å². The lowest BCUT2D eigenvalue weighted by atomic mass is 10.1. The minimum Gasteiger partial charge on any atom is -0.501 e. The van der Waals surface area contributed by atoms with E-state index in [-0.39, 0.29) is 13.0 Å². The summed E-state index contributed by atoms with van der Waals surface area (Å²) in [5.74, 6) is -1.31. The van der Waals surface area contributed by atoms with Crippen molar-refractivity contribution in [3.8, 4) is 0 Å². The molecule has 1 nitrogen and oxygen atoms in total. The van der Waals surface area contributed by atoms with Crippen LogP contribution in [0.3, 0.4) is 0 Å². The van der Waals surface area contributed by atoms with E-state index < -0.39 is 12.1 Å². The average Bonchev–Trinajstić information content (AvgIpc) is 1.88. The number of ether oxygens (including phenoxy) is 1. The molecule has 1 rings (SSSR count). The zero-order valence-corrected chi connectivity index (χ0v) is 5.19. The van der Waals surface area contributed by atoms with Crippen molar-refractivity contribution in [1.82, 2.24) is 0 Å². The third-order valence-corrected chi connectivity index (χ3v) is 1.37. The van der Waals surface area contributed by atoms with E-state index in [1.165, 1.54) is 12.3 Å². The maximum atomic E-state index is 11.8. The first-order valence-corrected chi connectivity index (χ1v) is 2.94. The van der Waals surface area contributed by atoms with Crippen molar-refractivity contribution >= 4 is 0 Å². The lowest BCUT2D eigenvalue weighted by Gasteiger charge is -2.20. The maximum absolute atomic E-state index is 11.8. The second-order valence-corrected chi connectivity index (χ2v) is 2.18. The molecule has 0 aromatic carbocycles. The molecule has 1 heterocycles. The van der Waals surface area contributed by atoms with Crippen LogP contribution in [0.15, 0.2) is 12.3 Å². The Morgan fingerprint density at radius 2 is 2.10 bits per heavy atom. The fourth-order valence-electron chi connectivity index (χ4n) is 0.756. The van der Waals surface area contributed by atoms with E-state index in [4.69, 9.17) is 0 Å². The smallest absolute Gasteiger partial charge is 0.395 e. The number of alkyl halides is 3. The van der Waals surface area contributed by atoms with Crippen molar-refractivity contribution in [1.29, 1.82) is 0 Å². The van der Waals surface area contributed by atoms with E-state index >= 15 is 0 Å². The van der Waals surface area contributed by atoms with Crippen molar-refractivity contribution in [2.75, 3.05) is 6.61 Å². The number of rotatable bonds is 0. The average molecular weight is 152 g/mol. The molecule has 0 radical (unpaired) electrons. The summed E-state index contributed by atoms with van der Waals surface area (Å²) in [4.78, 5) is 0. The van der Waals surface area contributed by atoms with Gasteiger partial charge in [0.25, 0.3) is 0 Å². The Bertz CT molecular complexity index is 138. The molecular formula is C6H7F3O. The van der Waals surface area contributed by atoms with Crippen LogP contribution >= 0.6 is 0 Å². The fraction of sp³-hybridized carbons (Fsp3) is 0.667. The molecule has 1 aliphatic rings. The molecule has 0 spiro atoms. The Hall–Kier alpha value is -0.670. The van der Waals surface area contributed by atoms with Gasteiger partial charge in [-0.15, -0.1) is 0 Å². The normalized spacial score (nSPS) is 26.1. The second kappa shape index (κ2) is 2.52. The molecule has 1 aliphatic heterocycles. The Morgan fingerprint density at radius 1 is 1.40 bits per heavy atom. The monoisotopic (exact) mass is 152 g/mol. The van der Waals surface area contributed by atoms with Gasteiger partial charge in [0.15, 0.2) is 0 Å². The van der Waals surface area contributed by atoms with Gasteiger partial charge in [0.2, 0.25) is 0 Å². The number of halogens is 3. The van der Waals surface area contributed by atoms with E-state index in [1.54, 1.807) is 0 Å². The lowest BCUT2D eigenvalue weighted by Crippen LogP contribution is -2.27. The summed E-state index contributed by atoms with van der Waals surface area (Å²) in [5.41, 5.74) is 0. The van der Waals surface area contributed by atoms with Crippen LogP contribution in [0.1, 0.15) is 6.42 Å². The fourth-order valence-corrected chi connectivity index (χ4v) is 0.756. The first-order chi connectivity index (χ1) is 4.61. The third-order valence-electron chi connectivity index (χ3n) is 1.37. The minimum atomic E-state index is -4.11. The van der Waals surface area contributed by atoms with E-state index in [2.05, 4.69) is 4.74 Å². The first kappa shape index (κ1) is 7.44. The molecular weight excluding hydrogens is 145 g/mol. The van der Waals surface area contributed by atoms with Crippen LogP contribution in [0, 0.1) is 5.92 Å². The molecule has 10 heavy (non-hydrogen) atoms. The molecule has 0 fully saturated rings. The molecule has 1 atom stereocenters. The predicted octanol–water partition coefficient (Wildman–Crippen LogP) is 2.10. The molecule has 0 N–H and O–H groups in total. The van der Waals surface area contributed by atoms with Crippen molar-refractivity contribution in [3.05, 3.63) is 12.3 Å². The topological polar surface area (TPSA) is 9.23 Å². The highest BCUT2D eigenvalue weighted by atomic mass is 19.4. The van der Waals surface area contributed by atoms with Crippen molar-refractivity contribution < 1.29 is 17.9 Å². The third kappa shape index (κ3) is 1.65. The zero-order valence-electron chi connectivity index (χ0n) is 5.19. The van der Waals surface area contributed by atoms with Gasteiger partial charge < -0.3 is 4.74 Å². The predicted molar refractivity (Wildman–Crippen MR) is 29.3 cm³/mol.